The molecule has 1 aliphatic rings. The van der Waals surface area contributed by atoms with Crippen LogP contribution in [-0.2, 0) is 14.3 Å². The monoisotopic (exact) mass is 334 g/mol. The highest BCUT2D eigenvalue weighted by atomic mass is 16.5. The molecule has 1 heterocycles. The SMILES string of the molecule is COCCN1C(=O)CC[C@@H](C(=O)N(C)C)[C@@H]1c1cccc(OC)c1. The average molecular weight is 334 g/mol. The molecule has 0 bridgehead atoms. The second-order valence-corrected chi connectivity index (χ2v) is 6.18. The van der Waals surface area contributed by atoms with E-state index in [2.05, 4.69) is 0 Å². The van der Waals surface area contributed by atoms with Crippen LogP contribution in [0.15, 0.2) is 24.3 Å². The van der Waals surface area contributed by atoms with Gasteiger partial charge in [-0.3, -0.25) is 9.59 Å². The summed E-state index contributed by atoms with van der Waals surface area (Å²) in [6.07, 6.45) is 0.940. The normalized spacial score (nSPS) is 20.8. The first kappa shape index (κ1) is 18.3. The molecule has 0 saturated carbocycles. The maximum Gasteiger partial charge on any atom is 0.227 e. The number of carbonyl (C=O) groups is 2. The van der Waals surface area contributed by atoms with Gasteiger partial charge >= 0.3 is 0 Å². The van der Waals surface area contributed by atoms with Crippen molar-refractivity contribution in [2.75, 3.05) is 41.5 Å². The van der Waals surface area contributed by atoms with Gasteiger partial charge in [-0.05, 0) is 24.1 Å². The van der Waals surface area contributed by atoms with Crippen molar-refractivity contribution in [2.24, 2.45) is 5.92 Å². The van der Waals surface area contributed by atoms with E-state index in [0.29, 0.717) is 31.7 Å². The topological polar surface area (TPSA) is 59.1 Å². The molecule has 1 aromatic carbocycles. The zero-order valence-corrected chi connectivity index (χ0v) is 14.8. The number of likely N-dealkylation sites (tertiary alicyclic amines) is 1. The Bertz CT molecular complexity index is 588. The van der Waals surface area contributed by atoms with Crippen LogP contribution in [0.2, 0.25) is 0 Å². The van der Waals surface area contributed by atoms with Crippen molar-refractivity contribution in [2.45, 2.75) is 18.9 Å². The Hall–Kier alpha value is -2.08. The standard InChI is InChI=1S/C18H26N2O4/c1-19(2)18(22)15-8-9-16(21)20(10-11-23-3)17(15)13-6-5-7-14(12-13)24-4/h5-7,12,15,17H,8-11H2,1-4H3/t15-,17+/m1/s1. The summed E-state index contributed by atoms with van der Waals surface area (Å²) in [5.41, 5.74) is 0.915. The molecule has 1 saturated heterocycles. The van der Waals surface area contributed by atoms with E-state index >= 15 is 0 Å². The minimum atomic E-state index is -0.300. The molecule has 132 valence electrons. The summed E-state index contributed by atoms with van der Waals surface area (Å²) < 4.78 is 10.5. The van der Waals surface area contributed by atoms with Crippen LogP contribution >= 0.6 is 0 Å². The van der Waals surface area contributed by atoms with Crippen LogP contribution in [-0.4, -0.2) is 63.1 Å². The van der Waals surface area contributed by atoms with E-state index in [-0.39, 0.29) is 23.8 Å². The molecule has 2 atom stereocenters. The highest BCUT2D eigenvalue weighted by molar-refractivity contribution is 5.84. The van der Waals surface area contributed by atoms with Gasteiger partial charge in [0.25, 0.3) is 0 Å². The summed E-state index contributed by atoms with van der Waals surface area (Å²) >= 11 is 0. The number of benzene rings is 1. The Morgan fingerprint density at radius 2 is 2.08 bits per heavy atom. The van der Waals surface area contributed by atoms with Crippen LogP contribution < -0.4 is 4.74 Å². The van der Waals surface area contributed by atoms with E-state index in [9.17, 15) is 9.59 Å². The van der Waals surface area contributed by atoms with Gasteiger partial charge in [-0.15, -0.1) is 0 Å². The van der Waals surface area contributed by atoms with Crippen LogP contribution in [0.1, 0.15) is 24.4 Å². The second-order valence-electron chi connectivity index (χ2n) is 6.18. The molecule has 0 unspecified atom stereocenters. The van der Waals surface area contributed by atoms with Crippen LogP contribution in [0.25, 0.3) is 0 Å². The Morgan fingerprint density at radius 1 is 1.33 bits per heavy atom. The van der Waals surface area contributed by atoms with Gasteiger partial charge in [0.05, 0.1) is 25.7 Å². The molecule has 0 N–H and O–H groups in total. The second kappa shape index (κ2) is 8.15. The predicted octanol–water partition coefficient (Wildman–Crippen LogP) is 1.71. The molecule has 2 amide bonds. The molecule has 6 heteroatoms. The van der Waals surface area contributed by atoms with E-state index < -0.39 is 0 Å². The first-order chi connectivity index (χ1) is 11.5. The van der Waals surface area contributed by atoms with Gasteiger partial charge in [0.1, 0.15) is 5.75 Å². The number of hydrogen-bond donors (Lipinski definition) is 0. The van der Waals surface area contributed by atoms with E-state index in [1.54, 1.807) is 38.1 Å². The van der Waals surface area contributed by atoms with Crippen molar-refractivity contribution in [3.8, 4) is 5.75 Å². The molecule has 1 fully saturated rings. The lowest BCUT2D eigenvalue weighted by Gasteiger charge is -2.41. The number of rotatable bonds is 6. The summed E-state index contributed by atoms with van der Waals surface area (Å²) in [7, 11) is 6.72. The zero-order valence-electron chi connectivity index (χ0n) is 14.8. The molecule has 0 aromatic heterocycles. The number of ether oxygens (including phenoxy) is 2. The fraction of sp³-hybridized carbons (Fsp3) is 0.556. The van der Waals surface area contributed by atoms with Crippen LogP contribution in [0.4, 0.5) is 0 Å². The first-order valence-corrected chi connectivity index (χ1v) is 8.13. The highest BCUT2D eigenvalue weighted by Gasteiger charge is 2.41. The summed E-state index contributed by atoms with van der Waals surface area (Å²) in [5.74, 6) is 0.551. The molecular formula is C18H26N2O4. The third-order valence-corrected chi connectivity index (χ3v) is 4.44. The van der Waals surface area contributed by atoms with Crippen LogP contribution in [0, 0.1) is 5.92 Å². The summed E-state index contributed by atoms with van der Waals surface area (Å²) in [6.45, 7) is 0.906. The van der Waals surface area contributed by atoms with E-state index in [1.165, 1.54) is 0 Å². The highest BCUT2D eigenvalue weighted by Crippen LogP contribution is 2.38. The van der Waals surface area contributed by atoms with Crippen LogP contribution in [0.5, 0.6) is 5.75 Å². The number of piperidine rings is 1. The van der Waals surface area contributed by atoms with E-state index in [0.717, 1.165) is 5.56 Å². The average Bonchev–Trinajstić information content (AvgIpc) is 2.59. The van der Waals surface area contributed by atoms with Crippen molar-refractivity contribution >= 4 is 11.8 Å². The lowest BCUT2D eigenvalue weighted by Crippen LogP contribution is -2.48. The van der Waals surface area contributed by atoms with E-state index in [1.807, 2.05) is 24.3 Å². The molecule has 6 nitrogen and oxygen atoms in total. The fourth-order valence-corrected chi connectivity index (χ4v) is 3.23. The third-order valence-electron chi connectivity index (χ3n) is 4.44. The van der Waals surface area contributed by atoms with Crippen molar-refractivity contribution in [3.05, 3.63) is 29.8 Å². The molecule has 0 radical (unpaired) electrons. The number of hydrogen-bond acceptors (Lipinski definition) is 4. The van der Waals surface area contributed by atoms with Crippen LogP contribution in [0.3, 0.4) is 0 Å². The Kier molecular flexibility index (Phi) is 6.20. The Balaban J connectivity index is 2.43. The summed E-state index contributed by atoms with van der Waals surface area (Å²) in [5, 5.41) is 0. The summed E-state index contributed by atoms with van der Waals surface area (Å²) in [4.78, 5) is 28.5. The van der Waals surface area contributed by atoms with Gasteiger partial charge in [-0.1, -0.05) is 12.1 Å². The van der Waals surface area contributed by atoms with E-state index in [4.69, 9.17) is 9.47 Å². The molecule has 0 aliphatic carbocycles. The lowest BCUT2D eigenvalue weighted by atomic mass is 9.83. The van der Waals surface area contributed by atoms with Gasteiger partial charge in [0.15, 0.2) is 0 Å². The smallest absolute Gasteiger partial charge is 0.227 e. The lowest BCUT2D eigenvalue weighted by molar-refractivity contribution is -0.147. The molecule has 0 spiro atoms. The molecule has 1 aromatic rings. The number of amides is 2. The van der Waals surface area contributed by atoms with Gasteiger partial charge in [0.2, 0.25) is 11.8 Å². The first-order valence-electron chi connectivity index (χ1n) is 8.13. The van der Waals surface area contributed by atoms with Crippen molar-refractivity contribution < 1.29 is 19.1 Å². The number of nitrogens with zero attached hydrogens (tertiary/aromatic N) is 2. The maximum atomic E-state index is 12.7. The third kappa shape index (κ3) is 3.87. The predicted molar refractivity (Wildman–Crippen MR) is 90.7 cm³/mol. The molecule has 24 heavy (non-hydrogen) atoms. The minimum Gasteiger partial charge on any atom is -0.497 e. The van der Waals surface area contributed by atoms with Gasteiger partial charge in [-0.2, -0.15) is 0 Å². The van der Waals surface area contributed by atoms with Crippen molar-refractivity contribution in [1.29, 1.82) is 0 Å². The van der Waals surface area contributed by atoms with Gasteiger partial charge < -0.3 is 19.3 Å². The fourth-order valence-electron chi connectivity index (χ4n) is 3.23. The quantitative estimate of drug-likeness (QED) is 0.795. The zero-order chi connectivity index (χ0) is 17.7. The minimum absolute atomic E-state index is 0.0396. The summed E-state index contributed by atoms with van der Waals surface area (Å²) in [6, 6.07) is 7.29. The number of carbonyl (C=O) groups excluding carboxylic acids is 2. The van der Waals surface area contributed by atoms with Crippen molar-refractivity contribution in [3.63, 3.8) is 0 Å². The van der Waals surface area contributed by atoms with Gasteiger partial charge in [-0.25, -0.2) is 0 Å². The molecular weight excluding hydrogens is 308 g/mol. The van der Waals surface area contributed by atoms with Gasteiger partial charge in [0, 0.05) is 34.2 Å². The maximum absolute atomic E-state index is 12.7. The Labute approximate surface area is 143 Å². The number of methoxy groups -OCH3 is 2. The molecule has 2 rings (SSSR count). The Morgan fingerprint density at radius 3 is 2.71 bits per heavy atom. The van der Waals surface area contributed by atoms with Crippen molar-refractivity contribution in [1.82, 2.24) is 9.80 Å². The molecule has 1 aliphatic heterocycles. The largest absolute Gasteiger partial charge is 0.497 e.